The quantitative estimate of drug-likeness (QED) is 0.663. The highest BCUT2D eigenvalue weighted by molar-refractivity contribution is 5.84. The normalized spacial score (nSPS) is 15.5. The summed E-state index contributed by atoms with van der Waals surface area (Å²) in [5.74, 6) is -0.105. The van der Waals surface area contributed by atoms with Gasteiger partial charge in [0, 0.05) is 30.6 Å². The van der Waals surface area contributed by atoms with Gasteiger partial charge in [-0.15, -0.1) is 0 Å². The number of aldehydes is 1. The number of aromatic nitrogens is 1. The molecule has 1 fully saturated rings. The zero-order chi connectivity index (χ0) is 17.2. The number of carbonyl (C=O) groups excluding carboxylic acids is 1. The highest BCUT2D eigenvalue weighted by Crippen LogP contribution is 2.30. The molecule has 0 saturated carbocycles. The number of rotatable bonds is 3. The molecule has 1 saturated heterocycles. The third kappa shape index (κ3) is 3.12. The molecule has 3 nitrogen and oxygen atoms in total. The van der Waals surface area contributed by atoms with E-state index in [4.69, 9.17) is 0 Å². The number of anilines is 1. The van der Waals surface area contributed by atoms with Gasteiger partial charge >= 0.3 is 0 Å². The second kappa shape index (κ2) is 6.63. The summed E-state index contributed by atoms with van der Waals surface area (Å²) < 4.78 is 14.7. The van der Waals surface area contributed by atoms with Gasteiger partial charge in [0.25, 0.3) is 0 Å². The first kappa shape index (κ1) is 15.8. The zero-order valence-electron chi connectivity index (χ0n) is 13.9. The third-order valence-corrected chi connectivity index (χ3v) is 4.96. The minimum atomic E-state index is -0.219. The van der Waals surface area contributed by atoms with Crippen molar-refractivity contribution >= 4 is 22.9 Å². The van der Waals surface area contributed by atoms with Crippen LogP contribution in [0.25, 0.3) is 22.0 Å². The minimum Gasteiger partial charge on any atom is -0.369 e. The van der Waals surface area contributed by atoms with E-state index in [0.29, 0.717) is 5.69 Å². The molecular formula is C21H19FN2O. The largest absolute Gasteiger partial charge is 0.369 e. The predicted octanol–water partition coefficient (Wildman–Crippen LogP) is 4.46. The van der Waals surface area contributed by atoms with E-state index in [1.165, 1.54) is 0 Å². The number of halogens is 1. The van der Waals surface area contributed by atoms with E-state index in [9.17, 15) is 9.18 Å². The first-order valence-electron chi connectivity index (χ1n) is 8.59. The SMILES string of the molecule is O=CC1CCN(c2ccc(-c3ccc4cccnc4c3)cc2F)CC1. The molecule has 0 N–H and O–H groups in total. The van der Waals surface area contributed by atoms with Crippen molar-refractivity contribution in [2.45, 2.75) is 12.8 Å². The molecular weight excluding hydrogens is 315 g/mol. The van der Waals surface area contributed by atoms with Crippen molar-refractivity contribution in [2.24, 2.45) is 5.92 Å². The molecule has 0 atom stereocenters. The maximum atomic E-state index is 14.7. The number of fused-ring (bicyclic) bond motifs is 1. The van der Waals surface area contributed by atoms with Gasteiger partial charge in [0.2, 0.25) is 0 Å². The van der Waals surface area contributed by atoms with Gasteiger partial charge in [-0.1, -0.05) is 24.3 Å². The van der Waals surface area contributed by atoms with Crippen molar-refractivity contribution in [1.82, 2.24) is 4.98 Å². The van der Waals surface area contributed by atoms with Crippen LogP contribution in [0.1, 0.15) is 12.8 Å². The van der Waals surface area contributed by atoms with Gasteiger partial charge in [-0.3, -0.25) is 4.98 Å². The Morgan fingerprint density at radius 3 is 2.56 bits per heavy atom. The molecule has 0 bridgehead atoms. The molecule has 25 heavy (non-hydrogen) atoms. The number of benzene rings is 2. The van der Waals surface area contributed by atoms with Crippen LogP contribution in [0.4, 0.5) is 10.1 Å². The van der Waals surface area contributed by atoms with E-state index >= 15 is 0 Å². The Bertz CT molecular complexity index is 917. The van der Waals surface area contributed by atoms with Crippen LogP contribution in [-0.2, 0) is 4.79 Å². The maximum absolute atomic E-state index is 14.7. The Morgan fingerprint density at radius 1 is 1.04 bits per heavy atom. The number of hydrogen-bond acceptors (Lipinski definition) is 3. The summed E-state index contributed by atoms with van der Waals surface area (Å²) in [4.78, 5) is 17.3. The molecule has 4 rings (SSSR count). The number of carbonyl (C=O) groups is 1. The van der Waals surface area contributed by atoms with E-state index < -0.39 is 0 Å². The average molecular weight is 334 g/mol. The lowest BCUT2D eigenvalue weighted by atomic mass is 9.97. The van der Waals surface area contributed by atoms with Gasteiger partial charge in [-0.05, 0) is 48.2 Å². The molecule has 0 spiro atoms. The Hall–Kier alpha value is -2.75. The lowest BCUT2D eigenvalue weighted by molar-refractivity contribution is -0.111. The molecule has 0 aliphatic carbocycles. The van der Waals surface area contributed by atoms with Crippen molar-refractivity contribution < 1.29 is 9.18 Å². The molecule has 1 aliphatic rings. The van der Waals surface area contributed by atoms with Crippen molar-refractivity contribution in [2.75, 3.05) is 18.0 Å². The Kier molecular flexibility index (Phi) is 4.18. The first-order valence-corrected chi connectivity index (χ1v) is 8.59. The Labute approximate surface area is 146 Å². The summed E-state index contributed by atoms with van der Waals surface area (Å²) in [5, 5.41) is 1.07. The van der Waals surface area contributed by atoms with E-state index in [-0.39, 0.29) is 11.7 Å². The fraction of sp³-hybridized carbons (Fsp3) is 0.238. The van der Waals surface area contributed by atoms with Crippen LogP contribution >= 0.6 is 0 Å². The fourth-order valence-corrected chi connectivity index (χ4v) is 3.47. The average Bonchev–Trinajstić information content (AvgIpc) is 2.67. The highest BCUT2D eigenvalue weighted by Gasteiger charge is 2.21. The molecule has 3 aromatic rings. The molecule has 0 unspecified atom stereocenters. The molecule has 1 aliphatic heterocycles. The van der Waals surface area contributed by atoms with Gasteiger partial charge in [-0.25, -0.2) is 4.39 Å². The van der Waals surface area contributed by atoms with Crippen molar-refractivity contribution in [3.63, 3.8) is 0 Å². The maximum Gasteiger partial charge on any atom is 0.147 e. The van der Waals surface area contributed by atoms with Crippen LogP contribution in [0.15, 0.2) is 54.7 Å². The predicted molar refractivity (Wildman–Crippen MR) is 98.1 cm³/mol. The van der Waals surface area contributed by atoms with Gasteiger partial charge < -0.3 is 9.69 Å². The second-order valence-electron chi connectivity index (χ2n) is 6.54. The lowest BCUT2D eigenvalue weighted by Crippen LogP contribution is -2.34. The number of pyridine rings is 1. The topological polar surface area (TPSA) is 33.2 Å². The van der Waals surface area contributed by atoms with Gasteiger partial charge in [0.05, 0.1) is 11.2 Å². The lowest BCUT2D eigenvalue weighted by Gasteiger charge is -2.31. The van der Waals surface area contributed by atoms with E-state index in [0.717, 1.165) is 54.2 Å². The van der Waals surface area contributed by atoms with E-state index in [2.05, 4.69) is 4.98 Å². The molecule has 4 heteroatoms. The summed E-state index contributed by atoms with van der Waals surface area (Å²) >= 11 is 0. The molecule has 2 aromatic carbocycles. The van der Waals surface area contributed by atoms with Crippen LogP contribution in [0, 0.1) is 11.7 Å². The Balaban J connectivity index is 1.61. The van der Waals surface area contributed by atoms with Gasteiger partial charge in [-0.2, -0.15) is 0 Å². The molecule has 1 aromatic heterocycles. The summed E-state index contributed by atoms with van der Waals surface area (Å²) in [6.45, 7) is 1.44. The summed E-state index contributed by atoms with van der Waals surface area (Å²) in [6.07, 6.45) is 4.37. The van der Waals surface area contributed by atoms with Crippen LogP contribution in [0.2, 0.25) is 0 Å². The van der Waals surface area contributed by atoms with E-state index in [1.807, 2.05) is 47.4 Å². The van der Waals surface area contributed by atoms with Gasteiger partial charge in [0.15, 0.2) is 0 Å². The number of hydrogen-bond donors (Lipinski definition) is 0. The standard InChI is InChI=1S/C21H19FN2O/c22-19-12-17(18-4-3-16-2-1-9-23-20(16)13-18)5-6-21(19)24-10-7-15(14-25)8-11-24/h1-6,9,12-15H,7-8,10-11H2. The fourth-order valence-electron chi connectivity index (χ4n) is 3.47. The Morgan fingerprint density at radius 2 is 1.80 bits per heavy atom. The summed E-state index contributed by atoms with van der Waals surface area (Å²) in [5.41, 5.74) is 3.32. The molecule has 2 heterocycles. The molecule has 126 valence electrons. The van der Waals surface area contributed by atoms with Crippen molar-refractivity contribution in [3.05, 3.63) is 60.5 Å². The van der Waals surface area contributed by atoms with Crippen molar-refractivity contribution in [1.29, 1.82) is 0 Å². The zero-order valence-corrected chi connectivity index (χ0v) is 13.9. The minimum absolute atomic E-state index is 0.115. The number of piperidine rings is 1. The third-order valence-electron chi connectivity index (χ3n) is 4.96. The summed E-state index contributed by atoms with van der Waals surface area (Å²) in [7, 11) is 0. The summed E-state index contributed by atoms with van der Waals surface area (Å²) in [6, 6.07) is 15.3. The van der Waals surface area contributed by atoms with Crippen LogP contribution in [-0.4, -0.2) is 24.4 Å². The first-order chi connectivity index (χ1) is 12.2. The van der Waals surface area contributed by atoms with Crippen molar-refractivity contribution in [3.8, 4) is 11.1 Å². The van der Waals surface area contributed by atoms with E-state index in [1.54, 1.807) is 12.3 Å². The molecule has 0 amide bonds. The van der Waals surface area contributed by atoms with Gasteiger partial charge in [0.1, 0.15) is 12.1 Å². The van der Waals surface area contributed by atoms with Crippen LogP contribution < -0.4 is 4.90 Å². The second-order valence-corrected chi connectivity index (χ2v) is 6.54. The van der Waals surface area contributed by atoms with Crippen LogP contribution in [0.5, 0.6) is 0 Å². The monoisotopic (exact) mass is 334 g/mol. The number of nitrogens with zero attached hydrogens (tertiary/aromatic N) is 2. The highest BCUT2D eigenvalue weighted by atomic mass is 19.1. The molecule has 0 radical (unpaired) electrons. The smallest absolute Gasteiger partial charge is 0.147 e. The van der Waals surface area contributed by atoms with Crippen LogP contribution in [0.3, 0.4) is 0 Å².